The molecule has 0 aliphatic carbocycles. The quantitative estimate of drug-likeness (QED) is 0.790. The van der Waals surface area contributed by atoms with Crippen molar-refractivity contribution < 1.29 is 31.5 Å². The van der Waals surface area contributed by atoms with E-state index in [2.05, 4.69) is 4.72 Å². The molecule has 0 atom stereocenters. The molecule has 2 rings (SSSR count). The summed E-state index contributed by atoms with van der Waals surface area (Å²) in [5.41, 5.74) is -0.114. The lowest BCUT2D eigenvalue weighted by Crippen LogP contribution is -2.13. The Morgan fingerprint density at radius 3 is 2.21 bits per heavy atom. The van der Waals surface area contributed by atoms with Gasteiger partial charge in [0.2, 0.25) is 20.0 Å². The number of aromatic nitrogens is 1. The Bertz CT molecular complexity index is 1050. The summed E-state index contributed by atoms with van der Waals surface area (Å²) in [7, 11) is -6.15. The highest BCUT2D eigenvalue weighted by atomic mass is 32.2. The molecule has 2 N–H and O–H groups in total. The van der Waals surface area contributed by atoms with Gasteiger partial charge in [-0.3, -0.25) is 4.72 Å². The molecule has 1 aromatic heterocycles. The van der Waals surface area contributed by atoms with Gasteiger partial charge in [0.15, 0.2) is 0 Å². The molecule has 0 spiro atoms. The van der Waals surface area contributed by atoms with E-state index in [0.29, 0.717) is 0 Å². The molecule has 0 aliphatic rings. The third kappa shape index (κ3) is 3.17. The molecule has 0 unspecified atom stereocenters. The summed E-state index contributed by atoms with van der Waals surface area (Å²) in [5.74, 6) is -1.26. The van der Waals surface area contributed by atoms with Crippen LogP contribution in [0.15, 0.2) is 12.1 Å². The standard InChI is InChI=1S/C13H16N2O7S2/c1-7-12(13(16)17)8-5-9(14-23(3,18)19)11(22-2)6-10(8)15(7)24(4,20)21/h5-6,14H,1-4H3,(H,16,17). The minimum absolute atomic E-state index is 0.0126. The van der Waals surface area contributed by atoms with Gasteiger partial charge in [-0.2, -0.15) is 0 Å². The van der Waals surface area contributed by atoms with Gasteiger partial charge in [-0.1, -0.05) is 0 Å². The molecule has 0 aliphatic heterocycles. The van der Waals surface area contributed by atoms with Crippen LogP contribution in [0.5, 0.6) is 5.75 Å². The number of aromatic carboxylic acids is 1. The highest BCUT2D eigenvalue weighted by molar-refractivity contribution is 7.92. The number of methoxy groups -OCH3 is 1. The molecule has 2 aromatic rings. The van der Waals surface area contributed by atoms with Crippen molar-refractivity contribution in [3.05, 3.63) is 23.4 Å². The largest absolute Gasteiger partial charge is 0.494 e. The van der Waals surface area contributed by atoms with Gasteiger partial charge in [0.25, 0.3) is 0 Å². The maximum atomic E-state index is 12.0. The van der Waals surface area contributed by atoms with Crippen molar-refractivity contribution in [2.24, 2.45) is 0 Å². The highest BCUT2D eigenvalue weighted by Gasteiger charge is 2.26. The fourth-order valence-corrected chi connectivity index (χ4v) is 4.22. The lowest BCUT2D eigenvalue weighted by molar-refractivity contribution is 0.0698. The van der Waals surface area contributed by atoms with Crippen molar-refractivity contribution in [2.45, 2.75) is 6.92 Å². The number of ether oxygens (including phenoxy) is 1. The van der Waals surface area contributed by atoms with Crippen LogP contribution in [-0.2, 0) is 20.0 Å². The maximum absolute atomic E-state index is 12.0. The number of benzene rings is 1. The molecule has 9 nitrogen and oxygen atoms in total. The smallest absolute Gasteiger partial charge is 0.338 e. The summed E-state index contributed by atoms with van der Waals surface area (Å²) in [4.78, 5) is 11.5. The van der Waals surface area contributed by atoms with Crippen LogP contribution in [0.25, 0.3) is 10.9 Å². The van der Waals surface area contributed by atoms with Crippen molar-refractivity contribution in [1.29, 1.82) is 0 Å². The van der Waals surface area contributed by atoms with Gasteiger partial charge >= 0.3 is 5.97 Å². The van der Waals surface area contributed by atoms with Crippen LogP contribution in [0.1, 0.15) is 16.1 Å². The Morgan fingerprint density at radius 2 is 1.79 bits per heavy atom. The van der Waals surface area contributed by atoms with E-state index in [9.17, 15) is 26.7 Å². The van der Waals surface area contributed by atoms with E-state index in [-0.39, 0.29) is 33.6 Å². The predicted octanol–water partition coefficient (Wildman–Crippen LogP) is 0.836. The van der Waals surface area contributed by atoms with Gasteiger partial charge in [-0.05, 0) is 13.0 Å². The van der Waals surface area contributed by atoms with Gasteiger partial charge in [0.1, 0.15) is 5.75 Å². The summed E-state index contributed by atoms with van der Waals surface area (Å²) in [6.07, 6.45) is 1.88. The zero-order valence-electron chi connectivity index (χ0n) is 13.3. The Balaban J connectivity index is 3.00. The molecular weight excluding hydrogens is 360 g/mol. The summed E-state index contributed by atoms with van der Waals surface area (Å²) in [5, 5.41) is 9.50. The molecule has 0 saturated carbocycles. The number of carboxylic acid groups (broad SMARTS) is 1. The van der Waals surface area contributed by atoms with Crippen LogP contribution < -0.4 is 9.46 Å². The average Bonchev–Trinajstić information content (AvgIpc) is 2.66. The van der Waals surface area contributed by atoms with Crippen molar-refractivity contribution in [3.63, 3.8) is 0 Å². The fraction of sp³-hybridized carbons (Fsp3) is 0.308. The first-order valence-electron chi connectivity index (χ1n) is 6.51. The van der Waals surface area contributed by atoms with Crippen molar-refractivity contribution in [1.82, 2.24) is 3.97 Å². The normalized spacial score (nSPS) is 12.3. The number of nitrogens with zero attached hydrogens (tertiary/aromatic N) is 1. The molecule has 0 radical (unpaired) electrons. The monoisotopic (exact) mass is 376 g/mol. The van der Waals surface area contributed by atoms with Crippen LogP contribution in [-0.4, -0.2) is 51.5 Å². The van der Waals surface area contributed by atoms with Crippen molar-refractivity contribution >= 4 is 42.6 Å². The molecule has 0 saturated heterocycles. The van der Waals surface area contributed by atoms with Crippen LogP contribution in [0, 0.1) is 6.92 Å². The minimum Gasteiger partial charge on any atom is -0.494 e. The topological polar surface area (TPSA) is 132 Å². The Hall–Kier alpha value is -2.27. The van der Waals surface area contributed by atoms with Crippen LogP contribution in [0.3, 0.4) is 0 Å². The molecule has 24 heavy (non-hydrogen) atoms. The lowest BCUT2D eigenvalue weighted by atomic mass is 10.1. The van der Waals surface area contributed by atoms with Gasteiger partial charge in [-0.15, -0.1) is 0 Å². The molecule has 11 heteroatoms. The van der Waals surface area contributed by atoms with Crippen LogP contribution >= 0.6 is 0 Å². The number of hydrogen-bond donors (Lipinski definition) is 2. The molecule has 0 amide bonds. The Kier molecular flexibility index (Phi) is 4.27. The lowest BCUT2D eigenvalue weighted by Gasteiger charge is -2.11. The van der Waals surface area contributed by atoms with Gasteiger partial charge in [0.05, 0.1) is 36.4 Å². The predicted molar refractivity (Wildman–Crippen MR) is 88.9 cm³/mol. The molecule has 0 bridgehead atoms. The average molecular weight is 376 g/mol. The summed E-state index contributed by atoms with van der Waals surface area (Å²) >= 11 is 0. The Morgan fingerprint density at radius 1 is 1.21 bits per heavy atom. The first kappa shape index (κ1) is 18.1. The highest BCUT2D eigenvalue weighted by Crippen LogP contribution is 2.36. The van der Waals surface area contributed by atoms with Crippen LogP contribution in [0.4, 0.5) is 5.69 Å². The maximum Gasteiger partial charge on any atom is 0.338 e. The van der Waals surface area contributed by atoms with Gasteiger partial charge < -0.3 is 9.84 Å². The SMILES string of the molecule is COc1cc2c(cc1NS(C)(=O)=O)c(C(=O)O)c(C)n2S(C)(=O)=O. The third-order valence-electron chi connectivity index (χ3n) is 3.31. The van der Waals surface area contributed by atoms with E-state index in [1.807, 2.05) is 0 Å². The van der Waals surface area contributed by atoms with Crippen molar-refractivity contribution in [2.75, 3.05) is 24.3 Å². The second-order valence-corrected chi connectivity index (χ2v) is 8.82. The molecule has 132 valence electrons. The molecule has 1 aromatic carbocycles. The van der Waals surface area contributed by atoms with E-state index in [1.165, 1.54) is 26.2 Å². The zero-order chi connectivity index (χ0) is 18.4. The third-order valence-corrected chi connectivity index (χ3v) is 5.04. The number of fused-ring (bicyclic) bond motifs is 1. The number of nitrogens with one attached hydrogen (secondary N) is 1. The van der Waals surface area contributed by atoms with E-state index < -0.39 is 26.0 Å². The van der Waals surface area contributed by atoms with Crippen molar-refractivity contribution in [3.8, 4) is 5.75 Å². The molecule has 0 fully saturated rings. The first-order chi connectivity index (χ1) is 10.9. The van der Waals surface area contributed by atoms with Crippen LogP contribution in [0.2, 0.25) is 0 Å². The second kappa shape index (κ2) is 5.67. The number of sulfonamides is 1. The number of anilines is 1. The van der Waals surface area contributed by atoms with Gasteiger partial charge in [0, 0.05) is 17.1 Å². The summed E-state index contributed by atoms with van der Waals surface area (Å²) in [6.45, 7) is 1.36. The Labute approximate surface area is 138 Å². The van der Waals surface area contributed by atoms with Gasteiger partial charge in [-0.25, -0.2) is 25.6 Å². The number of carbonyl (C=O) groups is 1. The zero-order valence-corrected chi connectivity index (χ0v) is 14.9. The second-order valence-electron chi connectivity index (χ2n) is 5.24. The number of hydrogen-bond acceptors (Lipinski definition) is 6. The summed E-state index contributed by atoms with van der Waals surface area (Å²) < 4.78 is 55.2. The summed E-state index contributed by atoms with van der Waals surface area (Å²) in [6, 6.07) is 2.52. The fourth-order valence-electron chi connectivity index (χ4n) is 2.56. The minimum atomic E-state index is -3.79. The number of carboxylic acids is 1. The molecular formula is C13H16N2O7S2. The van der Waals surface area contributed by atoms with E-state index in [4.69, 9.17) is 4.74 Å². The first-order valence-corrected chi connectivity index (χ1v) is 10.3. The van der Waals surface area contributed by atoms with E-state index >= 15 is 0 Å². The van der Waals surface area contributed by atoms with E-state index in [0.717, 1.165) is 16.5 Å². The van der Waals surface area contributed by atoms with E-state index in [1.54, 1.807) is 0 Å². The number of rotatable bonds is 5. The molecule has 1 heterocycles.